The van der Waals surface area contributed by atoms with Gasteiger partial charge in [-0.2, -0.15) is 0 Å². The van der Waals surface area contributed by atoms with E-state index in [4.69, 9.17) is 0 Å². The Hall–Kier alpha value is -2.38. The number of phenolic OH excluding ortho intramolecular Hbond substituents is 1. The third kappa shape index (κ3) is 3.89. The maximum atomic E-state index is 10.4. The van der Waals surface area contributed by atoms with Gasteiger partial charge in [0.25, 0.3) is 0 Å². The van der Waals surface area contributed by atoms with Crippen LogP contribution in [0.2, 0.25) is 0 Å². The number of nitrogens with zero attached hydrogens (tertiary/aromatic N) is 4. The minimum absolute atomic E-state index is 0.169. The molecule has 1 saturated heterocycles. The summed E-state index contributed by atoms with van der Waals surface area (Å²) in [5.41, 5.74) is 2.11. The molecular formula is C19H21N5OS. The van der Waals surface area contributed by atoms with Crippen molar-refractivity contribution in [3.05, 3.63) is 48.9 Å². The zero-order valence-electron chi connectivity index (χ0n) is 14.4. The quantitative estimate of drug-likeness (QED) is 0.737. The molecular weight excluding hydrogens is 346 g/mol. The summed E-state index contributed by atoms with van der Waals surface area (Å²) >= 11 is 1.70. The molecule has 6 nitrogen and oxygen atoms in total. The first kappa shape index (κ1) is 17.1. The fraction of sp³-hybridized carbons (Fsp3) is 0.316. The van der Waals surface area contributed by atoms with E-state index in [-0.39, 0.29) is 5.75 Å². The lowest BCUT2D eigenvalue weighted by Crippen LogP contribution is -2.14. The smallest absolute Gasteiger partial charge is 0.209 e. The van der Waals surface area contributed by atoms with Gasteiger partial charge in [-0.1, -0.05) is 11.8 Å². The van der Waals surface area contributed by atoms with Crippen LogP contribution in [0.3, 0.4) is 0 Å². The monoisotopic (exact) mass is 367 g/mol. The third-order valence-corrected chi connectivity index (χ3v) is 5.70. The van der Waals surface area contributed by atoms with Crippen LogP contribution in [0, 0.1) is 0 Å². The van der Waals surface area contributed by atoms with Crippen LogP contribution < -0.4 is 5.32 Å². The van der Waals surface area contributed by atoms with Crippen molar-refractivity contribution in [2.45, 2.75) is 29.7 Å². The molecule has 1 aliphatic rings. The molecule has 1 aliphatic heterocycles. The Kier molecular flexibility index (Phi) is 5.17. The Balaban J connectivity index is 1.49. The molecule has 26 heavy (non-hydrogen) atoms. The van der Waals surface area contributed by atoms with E-state index in [0.29, 0.717) is 21.7 Å². The molecule has 3 heterocycles. The molecule has 7 heteroatoms. The van der Waals surface area contributed by atoms with Crippen LogP contribution in [0.5, 0.6) is 5.75 Å². The van der Waals surface area contributed by atoms with Crippen molar-refractivity contribution in [2.75, 3.05) is 13.1 Å². The van der Waals surface area contributed by atoms with E-state index >= 15 is 0 Å². The standard InChI is InChI=1S/C19H21N5OS/c25-18-12-14(24-10-1-2-11-24)5-6-16(18)17-13-21-19(23-22-17)26-15-4-3-8-20-9-7-15/h1-2,5-6,10-13,15,20,25H,3-4,7-9H2/t15-/m0/s1. The van der Waals surface area contributed by atoms with E-state index in [0.717, 1.165) is 25.2 Å². The fourth-order valence-corrected chi connectivity index (χ4v) is 4.12. The van der Waals surface area contributed by atoms with Crippen LogP contribution >= 0.6 is 11.8 Å². The first-order valence-corrected chi connectivity index (χ1v) is 9.71. The predicted octanol–water partition coefficient (Wildman–Crippen LogP) is 3.27. The summed E-state index contributed by atoms with van der Waals surface area (Å²) in [4.78, 5) is 4.45. The van der Waals surface area contributed by atoms with Gasteiger partial charge in [-0.05, 0) is 56.6 Å². The summed E-state index contributed by atoms with van der Waals surface area (Å²) in [7, 11) is 0. The number of aromatic nitrogens is 4. The second-order valence-corrected chi connectivity index (χ2v) is 7.61. The van der Waals surface area contributed by atoms with E-state index in [1.54, 1.807) is 24.0 Å². The highest BCUT2D eigenvalue weighted by atomic mass is 32.2. The molecule has 2 N–H and O–H groups in total. The number of rotatable bonds is 4. The van der Waals surface area contributed by atoms with Gasteiger partial charge in [0.1, 0.15) is 11.4 Å². The number of benzene rings is 1. The van der Waals surface area contributed by atoms with Crippen molar-refractivity contribution in [1.82, 2.24) is 25.1 Å². The third-order valence-electron chi connectivity index (χ3n) is 4.50. The summed E-state index contributed by atoms with van der Waals surface area (Å²) in [6.45, 7) is 2.14. The van der Waals surface area contributed by atoms with E-state index < -0.39 is 0 Å². The molecule has 0 aliphatic carbocycles. The maximum absolute atomic E-state index is 10.4. The van der Waals surface area contributed by atoms with Gasteiger partial charge in [0.05, 0.1) is 6.20 Å². The lowest BCUT2D eigenvalue weighted by Gasteiger charge is -2.11. The van der Waals surface area contributed by atoms with E-state index in [1.165, 1.54) is 12.8 Å². The number of aromatic hydroxyl groups is 1. The Morgan fingerprint density at radius 2 is 2.00 bits per heavy atom. The van der Waals surface area contributed by atoms with E-state index in [1.807, 2.05) is 41.2 Å². The minimum Gasteiger partial charge on any atom is -0.507 e. The number of hydrogen-bond acceptors (Lipinski definition) is 6. The molecule has 0 radical (unpaired) electrons. The normalized spacial score (nSPS) is 17.8. The molecule has 1 atom stereocenters. The summed E-state index contributed by atoms with van der Waals surface area (Å²) in [6, 6.07) is 9.40. The van der Waals surface area contributed by atoms with Gasteiger partial charge in [0.15, 0.2) is 0 Å². The minimum atomic E-state index is 0.169. The first-order valence-electron chi connectivity index (χ1n) is 8.83. The van der Waals surface area contributed by atoms with Crippen molar-refractivity contribution in [2.24, 2.45) is 0 Å². The van der Waals surface area contributed by atoms with Gasteiger partial charge in [0, 0.05) is 35.0 Å². The molecule has 0 unspecified atom stereocenters. The van der Waals surface area contributed by atoms with Gasteiger partial charge in [-0.15, -0.1) is 10.2 Å². The highest BCUT2D eigenvalue weighted by Crippen LogP contribution is 2.31. The van der Waals surface area contributed by atoms with Crippen LogP contribution in [0.1, 0.15) is 19.3 Å². The zero-order chi connectivity index (χ0) is 17.8. The Morgan fingerprint density at radius 3 is 2.77 bits per heavy atom. The van der Waals surface area contributed by atoms with Crippen LogP contribution in [0.25, 0.3) is 16.9 Å². The molecule has 0 saturated carbocycles. The summed E-state index contributed by atoms with van der Waals surface area (Å²) < 4.78 is 1.94. The van der Waals surface area contributed by atoms with Crippen LogP contribution in [-0.4, -0.2) is 43.2 Å². The molecule has 1 aromatic carbocycles. The van der Waals surface area contributed by atoms with Crippen LogP contribution in [-0.2, 0) is 0 Å². The zero-order valence-corrected chi connectivity index (χ0v) is 15.2. The highest BCUT2D eigenvalue weighted by molar-refractivity contribution is 7.99. The van der Waals surface area contributed by atoms with Crippen LogP contribution in [0.15, 0.2) is 54.1 Å². The van der Waals surface area contributed by atoms with E-state index in [9.17, 15) is 5.11 Å². The molecule has 2 aromatic heterocycles. The van der Waals surface area contributed by atoms with E-state index in [2.05, 4.69) is 20.5 Å². The number of nitrogens with one attached hydrogen (secondary N) is 1. The van der Waals surface area contributed by atoms with Crippen molar-refractivity contribution >= 4 is 11.8 Å². The number of phenols is 1. The largest absolute Gasteiger partial charge is 0.507 e. The summed E-state index contributed by atoms with van der Waals surface area (Å²) in [5.74, 6) is 0.169. The first-order chi connectivity index (χ1) is 12.8. The molecule has 134 valence electrons. The average molecular weight is 367 g/mol. The predicted molar refractivity (Wildman–Crippen MR) is 103 cm³/mol. The second kappa shape index (κ2) is 7.88. The van der Waals surface area contributed by atoms with Crippen molar-refractivity contribution in [1.29, 1.82) is 0 Å². The van der Waals surface area contributed by atoms with Gasteiger partial charge in [-0.3, -0.25) is 0 Å². The van der Waals surface area contributed by atoms with Gasteiger partial charge < -0.3 is 15.0 Å². The molecule has 0 spiro atoms. The molecule has 4 rings (SSSR count). The fourth-order valence-electron chi connectivity index (χ4n) is 3.10. The molecule has 0 bridgehead atoms. The topological polar surface area (TPSA) is 75.9 Å². The highest BCUT2D eigenvalue weighted by Gasteiger charge is 2.16. The number of thioether (sulfide) groups is 1. The Bertz CT molecular complexity index is 843. The number of hydrogen-bond donors (Lipinski definition) is 2. The van der Waals surface area contributed by atoms with Crippen molar-refractivity contribution in [3.63, 3.8) is 0 Å². The summed E-state index contributed by atoms with van der Waals surface area (Å²) in [5, 5.41) is 23.6. The average Bonchev–Trinajstić information content (AvgIpc) is 3.08. The van der Waals surface area contributed by atoms with Crippen molar-refractivity contribution < 1.29 is 5.11 Å². The molecule has 0 amide bonds. The summed E-state index contributed by atoms with van der Waals surface area (Å²) in [6.07, 6.45) is 9.04. The van der Waals surface area contributed by atoms with Gasteiger partial charge in [0.2, 0.25) is 5.16 Å². The molecule has 1 fully saturated rings. The van der Waals surface area contributed by atoms with Crippen LogP contribution in [0.4, 0.5) is 0 Å². The SMILES string of the molecule is Oc1cc(-n2cccc2)ccc1-c1cnc(S[C@H]2CCCNCC2)nn1. The Morgan fingerprint density at radius 1 is 1.12 bits per heavy atom. The maximum Gasteiger partial charge on any atom is 0.209 e. The van der Waals surface area contributed by atoms with Gasteiger partial charge in [-0.25, -0.2) is 4.98 Å². The Labute approximate surface area is 156 Å². The van der Waals surface area contributed by atoms with Gasteiger partial charge >= 0.3 is 0 Å². The lowest BCUT2D eigenvalue weighted by atomic mass is 10.1. The van der Waals surface area contributed by atoms with Crippen molar-refractivity contribution in [3.8, 4) is 22.7 Å². The lowest BCUT2D eigenvalue weighted by molar-refractivity contribution is 0.476. The molecule has 3 aromatic rings. The second-order valence-electron chi connectivity index (χ2n) is 6.34.